The molecule has 10 nitrogen and oxygen atoms in total. The van der Waals surface area contributed by atoms with Crippen molar-refractivity contribution in [3.63, 3.8) is 0 Å². The van der Waals surface area contributed by atoms with E-state index in [1.807, 2.05) is 26.0 Å². The lowest BCUT2D eigenvalue weighted by Gasteiger charge is -2.29. The second-order valence-electron chi connectivity index (χ2n) is 9.06. The number of amides is 4. The van der Waals surface area contributed by atoms with Gasteiger partial charge >= 0.3 is 0 Å². The van der Waals surface area contributed by atoms with Crippen molar-refractivity contribution in [2.75, 3.05) is 13.7 Å². The standard InChI is InChI=1S/C24H36N4O6/c1-14(2)12-19-18(23(31)28-33)6-5-11-34-17-9-7-16(8-10-17)13-20(27-22(19)30)24(32)26-15(3)21(29)25-4/h7-10,14-15,18-20,33H,5-6,11-13H2,1-4H3,(H,25,29)(H,26,32)(H,27,30)(H,28,31)/t15-,18-,19+,20-/m0/s1. The van der Waals surface area contributed by atoms with E-state index in [0.717, 1.165) is 5.56 Å². The van der Waals surface area contributed by atoms with Crippen molar-refractivity contribution < 1.29 is 29.1 Å². The largest absolute Gasteiger partial charge is 0.494 e. The second-order valence-corrected chi connectivity index (χ2v) is 9.06. The summed E-state index contributed by atoms with van der Waals surface area (Å²) < 4.78 is 5.76. The zero-order valence-electron chi connectivity index (χ0n) is 20.2. The third kappa shape index (κ3) is 7.72. The van der Waals surface area contributed by atoms with Gasteiger partial charge in [0.25, 0.3) is 0 Å². The SMILES string of the molecule is CNC(=O)[C@H](C)NC(=O)[C@@H]1Cc2ccc(cc2)OCCC[C@H](C(=O)NO)[C@@H](CC(C)C)C(=O)N1. The maximum absolute atomic E-state index is 13.4. The highest BCUT2D eigenvalue weighted by molar-refractivity contribution is 5.93. The van der Waals surface area contributed by atoms with Gasteiger partial charge in [-0.2, -0.15) is 0 Å². The lowest BCUT2D eigenvalue weighted by atomic mass is 9.81. The molecule has 4 atom stereocenters. The molecule has 0 fully saturated rings. The molecule has 188 valence electrons. The quantitative estimate of drug-likeness (QED) is 0.305. The van der Waals surface area contributed by atoms with E-state index in [0.29, 0.717) is 31.6 Å². The summed E-state index contributed by atoms with van der Waals surface area (Å²) in [6.45, 7) is 5.78. The molecule has 0 unspecified atom stereocenters. The van der Waals surface area contributed by atoms with Gasteiger partial charge in [-0.15, -0.1) is 0 Å². The predicted octanol–water partition coefficient (Wildman–Crippen LogP) is 0.921. The molecule has 2 aliphatic heterocycles. The number of carbonyl (C=O) groups excluding carboxylic acids is 4. The molecule has 10 heteroatoms. The molecule has 3 rings (SSSR count). The third-order valence-corrected chi connectivity index (χ3v) is 5.92. The molecule has 4 amide bonds. The van der Waals surface area contributed by atoms with Gasteiger partial charge in [-0.05, 0) is 49.8 Å². The van der Waals surface area contributed by atoms with Crippen molar-refractivity contribution in [1.29, 1.82) is 0 Å². The van der Waals surface area contributed by atoms with E-state index in [-0.39, 0.29) is 18.2 Å². The molecular formula is C24H36N4O6. The zero-order valence-corrected chi connectivity index (χ0v) is 20.2. The Morgan fingerprint density at radius 3 is 2.41 bits per heavy atom. The van der Waals surface area contributed by atoms with Gasteiger partial charge in [-0.3, -0.25) is 24.4 Å². The minimum Gasteiger partial charge on any atom is -0.494 e. The van der Waals surface area contributed by atoms with Crippen LogP contribution in [0.2, 0.25) is 0 Å². The molecule has 34 heavy (non-hydrogen) atoms. The highest BCUT2D eigenvalue weighted by Gasteiger charge is 2.36. The number of carbonyl (C=O) groups is 4. The molecule has 0 aliphatic carbocycles. The average molecular weight is 477 g/mol. The van der Waals surface area contributed by atoms with Crippen LogP contribution in [-0.2, 0) is 25.6 Å². The van der Waals surface area contributed by atoms with Gasteiger partial charge < -0.3 is 20.7 Å². The summed E-state index contributed by atoms with van der Waals surface area (Å²) in [6, 6.07) is 5.45. The van der Waals surface area contributed by atoms with Crippen molar-refractivity contribution in [1.82, 2.24) is 21.4 Å². The van der Waals surface area contributed by atoms with E-state index >= 15 is 0 Å². The Kier molecular flexibility index (Phi) is 10.3. The van der Waals surface area contributed by atoms with Crippen LogP contribution in [0.1, 0.15) is 45.6 Å². The number of rotatable bonds is 6. The van der Waals surface area contributed by atoms with Crippen molar-refractivity contribution in [2.24, 2.45) is 17.8 Å². The van der Waals surface area contributed by atoms with Gasteiger partial charge in [0.2, 0.25) is 23.6 Å². The van der Waals surface area contributed by atoms with E-state index in [9.17, 15) is 24.4 Å². The minimum absolute atomic E-state index is 0.0900. The predicted molar refractivity (Wildman–Crippen MR) is 125 cm³/mol. The fraction of sp³-hybridized carbons (Fsp3) is 0.583. The maximum atomic E-state index is 13.4. The van der Waals surface area contributed by atoms with Crippen LogP contribution in [0.3, 0.4) is 0 Å². The summed E-state index contributed by atoms with van der Waals surface area (Å²) in [4.78, 5) is 50.9. The Labute approximate surface area is 200 Å². The summed E-state index contributed by atoms with van der Waals surface area (Å²) in [5.74, 6) is -2.79. The first-order chi connectivity index (χ1) is 16.2. The smallest absolute Gasteiger partial charge is 0.247 e. The monoisotopic (exact) mass is 476 g/mol. The Hall–Kier alpha value is -3.14. The van der Waals surface area contributed by atoms with Gasteiger partial charge in [-0.25, -0.2) is 5.48 Å². The fourth-order valence-electron chi connectivity index (χ4n) is 4.09. The third-order valence-electron chi connectivity index (χ3n) is 5.92. The van der Waals surface area contributed by atoms with Gasteiger partial charge in [0, 0.05) is 19.4 Å². The first-order valence-electron chi connectivity index (χ1n) is 11.6. The number of benzene rings is 1. The van der Waals surface area contributed by atoms with E-state index in [4.69, 9.17) is 4.74 Å². The number of nitrogens with one attached hydrogen (secondary N) is 4. The van der Waals surface area contributed by atoms with Crippen LogP contribution < -0.4 is 26.2 Å². The Morgan fingerprint density at radius 2 is 1.82 bits per heavy atom. The number of hydroxylamine groups is 1. The molecule has 0 spiro atoms. The van der Waals surface area contributed by atoms with Crippen LogP contribution in [-0.4, -0.2) is 54.6 Å². The first-order valence-corrected chi connectivity index (χ1v) is 11.6. The summed E-state index contributed by atoms with van der Waals surface area (Å²) >= 11 is 0. The molecule has 0 saturated carbocycles. The normalized spacial score (nSPS) is 22.1. The van der Waals surface area contributed by atoms with Crippen LogP contribution in [0.25, 0.3) is 0 Å². The first kappa shape index (κ1) is 27.1. The summed E-state index contributed by atoms with van der Waals surface area (Å²) in [5, 5.41) is 17.2. The number of fused-ring (bicyclic) bond motifs is 11. The van der Waals surface area contributed by atoms with Crippen molar-refractivity contribution in [3.05, 3.63) is 29.8 Å². The van der Waals surface area contributed by atoms with E-state index in [1.165, 1.54) is 7.05 Å². The molecule has 5 N–H and O–H groups in total. The highest BCUT2D eigenvalue weighted by Crippen LogP contribution is 2.27. The number of hydrogen-bond acceptors (Lipinski definition) is 6. The van der Waals surface area contributed by atoms with Gasteiger partial charge in [0.15, 0.2) is 0 Å². The van der Waals surface area contributed by atoms with E-state index in [2.05, 4.69) is 16.0 Å². The summed E-state index contributed by atoms with van der Waals surface area (Å²) in [7, 11) is 1.47. The average Bonchev–Trinajstić information content (AvgIpc) is 2.81. The van der Waals surface area contributed by atoms with Crippen LogP contribution in [0.4, 0.5) is 0 Å². The molecule has 2 bridgehead atoms. The molecule has 0 aromatic heterocycles. The lowest BCUT2D eigenvalue weighted by Crippen LogP contribution is -2.55. The topological polar surface area (TPSA) is 146 Å². The molecule has 2 heterocycles. The minimum atomic E-state index is -0.971. The molecule has 1 aromatic rings. The van der Waals surface area contributed by atoms with Crippen LogP contribution in [0.15, 0.2) is 24.3 Å². The van der Waals surface area contributed by atoms with Crippen LogP contribution in [0.5, 0.6) is 5.75 Å². The molecule has 2 aliphatic rings. The van der Waals surface area contributed by atoms with Crippen LogP contribution >= 0.6 is 0 Å². The van der Waals surface area contributed by atoms with Gasteiger partial charge in [-0.1, -0.05) is 26.0 Å². The second kappa shape index (κ2) is 12.9. The summed E-state index contributed by atoms with van der Waals surface area (Å²) in [5.41, 5.74) is 2.48. The van der Waals surface area contributed by atoms with Gasteiger partial charge in [0.1, 0.15) is 17.8 Å². The van der Waals surface area contributed by atoms with Crippen LogP contribution in [0, 0.1) is 17.8 Å². The van der Waals surface area contributed by atoms with E-state index < -0.39 is 41.6 Å². The highest BCUT2D eigenvalue weighted by atomic mass is 16.5. The van der Waals surface area contributed by atoms with Gasteiger partial charge in [0.05, 0.1) is 12.5 Å². The van der Waals surface area contributed by atoms with E-state index in [1.54, 1.807) is 24.5 Å². The maximum Gasteiger partial charge on any atom is 0.247 e. The zero-order chi connectivity index (χ0) is 25.3. The number of likely N-dealkylation sites (N-methyl/N-ethyl adjacent to an activating group) is 1. The Balaban J connectivity index is 2.40. The Morgan fingerprint density at radius 1 is 1.15 bits per heavy atom. The lowest BCUT2D eigenvalue weighted by molar-refractivity contribution is -0.142. The Bertz CT molecular complexity index is 858. The molecular weight excluding hydrogens is 440 g/mol. The molecule has 0 radical (unpaired) electrons. The van der Waals surface area contributed by atoms with Crippen molar-refractivity contribution in [2.45, 2.75) is 58.5 Å². The van der Waals surface area contributed by atoms with Crippen molar-refractivity contribution >= 4 is 23.6 Å². The number of ether oxygens (including phenoxy) is 1. The fourth-order valence-corrected chi connectivity index (χ4v) is 4.09. The molecule has 1 aromatic carbocycles. The summed E-state index contributed by atoms with van der Waals surface area (Å²) in [6.07, 6.45) is 1.39. The number of hydrogen-bond donors (Lipinski definition) is 5. The molecule has 0 saturated heterocycles. The van der Waals surface area contributed by atoms with Crippen molar-refractivity contribution in [3.8, 4) is 5.75 Å².